The standard InChI is InChI=1S/C9H11NO5S/c1-9(2)5(3-8(12)13)10-6(11)4-7(10)16(9,14)15/h3,7H,4H2,1-2H3,(H,12,13)/b5-3-. The first-order chi connectivity index (χ1) is 7.19. The Morgan fingerprint density at radius 2 is 2.12 bits per heavy atom. The monoisotopic (exact) mass is 245 g/mol. The van der Waals surface area contributed by atoms with Crippen LogP contribution in [0.2, 0.25) is 0 Å². The fraction of sp³-hybridized carbons (Fsp3) is 0.556. The van der Waals surface area contributed by atoms with Crippen molar-refractivity contribution in [2.24, 2.45) is 0 Å². The number of carbonyl (C=O) groups is 2. The lowest BCUT2D eigenvalue weighted by molar-refractivity contribution is -0.138. The second-order valence-electron chi connectivity index (χ2n) is 4.35. The molecule has 6 nitrogen and oxygen atoms in total. The molecule has 0 radical (unpaired) electrons. The van der Waals surface area contributed by atoms with Gasteiger partial charge in [-0.25, -0.2) is 13.2 Å². The Morgan fingerprint density at radius 1 is 1.56 bits per heavy atom. The molecule has 1 amide bonds. The number of β-lactam (4-membered cyclic amide) rings is 1. The molecule has 0 spiro atoms. The maximum Gasteiger partial charge on any atom is 0.330 e. The van der Waals surface area contributed by atoms with Crippen molar-refractivity contribution in [3.8, 4) is 0 Å². The highest BCUT2D eigenvalue weighted by atomic mass is 32.2. The van der Waals surface area contributed by atoms with Gasteiger partial charge in [-0.1, -0.05) is 0 Å². The molecule has 16 heavy (non-hydrogen) atoms. The number of amides is 1. The maximum atomic E-state index is 12.0. The Morgan fingerprint density at radius 3 is 2.56 bits per heavy atom. The molecule has 2 fully saturated rings. The third-order valence-electron chi connectivity index (χ3n) is 3.11. The second kappa shape index (κ2) is 2.85. The Labute approximate surface area is 92.5 Å². The van der Waals surface area contributed by atoms with Crippen molar-refractivity contribution in [1.82, 2.24) is 4.90 Å². The third-order valence-corrected chi connectivity index (χ3v) is 5.84. The Bertz CT molecular complexity index is 516. The first kappa shape index (κ1) is 11.1. The SMILES string of the molecule is CC1(C)/C(=C/C(=O)O)N2C(=O)CC2S1(=O)=O. The fourth-order valence-corrected chi connectivity index (χ4v) is 4.06. The van der Waals surface area contributed by atoms with Crippen LogP contribution >= 0.6 is 0 Å². The molecule has 0 aliphatic carbocycles. The zero-order chi connectivity index (χ0) is 12.3. The summed E-state index contributed by atoms with van der Waals surface area (Å²) in [5.41, 5.74) is 0.0567. The summed E-state index contributed by atoms with van der Waals surface area (Å²) in [6.07, 6.45) is 0.747. The predicted molar refractivity (Wildman–Crippen MR) is 54.0 cm³/mol. The molecule has 88 valence electrons. The van der Waals surface area contributed by atoms with E-state index < -0.39 is 25.9 Å². The van der Waals surface area contributed by atoms with Crippen LogP contribution in [0, 0.1) is 0 Å². The van der Waals surface area contributed by atoms with Crippen molar-refractivity contribution >= 4 is 21.7 Å². The van der Waals surface area contributed by atoms with E-state index in [9.17, 15) is 18.0 Å². The molecule has 2 aliphatic rings. The zero-order valence-corrected chi connectivity index (χ0v) is 9.61. The van der Waals surface area contributed by atoms with E-state index in [0.717, 1.165) is 11.0 Å². The molecule has 7 heteroatoms. The van der Waals surface area contributed by atoms with Crippen molar-refractivity contribution < 1.29 is 23.1 Å². The van der Waals surface area contributed by atoms with E-state index in [2.05, 4.69) is 0 Å². The van der Waals surface area contributed by atoms with Crippen LogP contribution in [0.25, 0.3) is 0 Å². The van der Waals surface area contributed by atoms with E-state index in [1.165, 1.54) is 13.8 Å². The lowest BCUT2D eigenvalue weighted by Gasteiger charge is -2.32. The highest BCUT2D eigenvalue weighted by Gasteiger charge is 2.63. The summed E-state index contributed by atoms with van der Waals surface area (Å²) in [4.78, 5) is 23.0. The van der Waals surface area contributed by atoms with Gasteiger partial charge in [-0.15, -0.1) is 0 Å². The normalized spacial score (nSPS) is 32.4. The van der Waals surface area contributed by atoms with E-state index in [0.29, 0.717) is 0 Å². The average Bonchev–Trinajstić information content (AvgIpc) is 2.21. The number of rotatable bonds is 1. The van der Waals surface area contributed by atoms with Crippen molar-refractivity contribution in [1.29, 1.82) is 0 Å². The van der Waals surface area contributed by atoms with Crippen molar-refractivity contribution in [2.75, 3.05) is 0 Å². The Balaban J connectivity index is 2.61. The number of fused-ring (bicyclic) bond motifs is 1. The molecular weight excluding hydrogens is 234 g/mol. The van der Waals surface area contributed by atoms with Gasteiger partial charge in [-0.2, -0.15) is 0 Å². The largest absolute Gasteiger partial charge is 0.478 e. The molecule has 0 aromatic rings. The van der Waals surface area contributed by atoms with Gasteiger partial charge < -0.3 is 5.11 Å². The first-order valence-corrected chi connectivity index (χ1v) is 6.25. The quantitative estimate of drug-likeness (QED) is 0.506. The molecule has 0 bridgehead atoms. The molecule has 2 rings (SSSR count). The molecule has 0 saturated carbocycles. The number of carboxylic acids is 1. The molecule has 0 aromatic carbocycles. The van der Waals surface area contributed by atoms with Gasteiger partial charge in [0.1, 0.15) is 10.1 Å². The van der Waals surface area contributed by atoms with Crippen LogP contribution in [-0.2, 0) is 19.4 Å². The summed E-state index contributed by atoms with van der Waals surface area (Å²) in [5.74, 6) is -1.59. The number of aliphatic carboxylic acids is 1. The molecule has 1 atom stereocenters. The maximum absolute atomic E-state index is 12.0. The highest BCUT2D eigenvalue weighted by Crippen LogP contribution is 2.47. The molecule has 1 unspecified atom stereocenters. The van der Waals surface area contributed by atoms with Gasteiger partial charge in [0.05, 0.1) is 12.1 Å². The second-order valence-corrected chi connectivity index (χ2v) is 7.00. The van der Waals surface area contributed by atoms with Crippen LogP contribution in [0.3, 0.4) is 0 Å². The minimum Gasteiger partial charge on any atom is -0.478 e. The van der Waals surface area contributed by atoms with Crippen LogP contribution < -0.4 is 0 Å². The first-order valence-electron chi connectivity index (χ1n) is 4.70. The lowest BCUT2D eigenvalue weighted by Crippen LogP contribution is -2.49. The molecule has 0 aromatic heterocycles. The van der Waals surface area contributed by atoms with Crippen molar-refractivity contribution in [3.05, 3.63) is 11.8 Å². The molecule has 1 N–H and O–H groups in total. The number of hydrogen-bond acceptors (Lipinski definition) is 4. The van der Waals surface area contributed by atoms with Crippen molar-refractivity contribution in [2.45, 2.75) is 30.4 Å². The van der Waals surface area contributed by atoms with Crippen molar-refractivity contribution in [3.63, 3.8) is 0 Å². The van der Waals surface area contributed by atoms with E-state index >= 15 is 0 Å². The molecule has 2 aliphatic heterocycles. The summed E-state index contributed by atoms with van der Waals surface area (Å²) in [6.45, 7) is 2.84. The van der Waals surface area contributed by atoms with Gasteiger partial charge in [0.2, 0.25) is 5.91 Å². The predicted octanol–water partition coefficient (Wildman–Crippen LogP) is -0.280. The van der Waals surface area contributed by atoms with Crippen LogP contribution in [0.5, 0.6) is 0 Å². The van der Waals surface area contributed by atoms with Gasteiger partial charge in [0.25, 0.3) is 0 Å². The molecule has 2 heterocycles. The van der Waals surface area contributed by atoms with Gasteiger partial charge in [0.15, 0.2) is 9.84 Å². The van der Waals surface area contributed by atoms with E-state index in [1.807, 2.05) is 0 Å². The lowest BCUT2D eigenvalue weighted by atomic mass is 10.0. The van der Waals surface area contributed by atoms with Crippen LogP contribution in [0.4, 0.5) is 0 Å². The number of carbonyl (C=O) groups excluding carboxylic acids is 1. The topological polar surface area (TPSA) is 91.8 Å². The summed E-state index contributed by atoms with van der Waals surface area (Å²) >= 11 is 0. The zero-order valence-electron chi connectivity index (χ0n) is 8.80. The number of carboxylic acid groups (broad SMARTS) is 1. The summed E-state index contributed by atoms with van der Waals surface area (Å²) in [7, 11) is -3.52. The average molecular weight is 245 g/mol. The van der Waals surface area contributed by atoms with Crippen LogP contribution in [0.15, 0.2) is 11.8 Å². The van der Waals surface area contributed by atoms with Gasteiger partial charge in [-0.3, -0.25) is 9.69 Å². The number of sulfone groups is 1. The fourth-order valence-electron chi connectivity index (χ4n) is 2.06. The summed E-state index contributed by atoms with van der Waals surface area (Å²) in [5, 5.41) is 7.81. The highest BCUT2D eigenvalue weighted by molar-refractivity contribution is 7.94. The van der Waals surface area contributed by atoms with Crippen LogP contribution in [0.1, 0.15) is 20.3 Å². The molecule has 2 saturated heterocycles. The minimum absolute atomic E-state index is 0.0529. The molecular formula is C9H11NO5S. The van der Waals surface area contributed by atoms with E-state index in [1.54, 1.807) is 0 Å². The summed E-state index contributed by atoms with van der Waals surface area (Å²) < 4.78 is 22.7. The third kappa shape index (κ3) is 1.09. The number of hydrogen-bond donors (Lipinski definition) is 1. The van der Waals surface area contributed by atoms with Gasteiger partial charge >= 0.3 is 5.97 Å². The van der Waals surface area contributed by atoms with Crippen LogP contribution in [-0.4, -0.2) is 40.4 Å². The summed E-state index contributed by atoms with van der Waals surface area (Å²) in [6, 6.07) is 0. The minimum atomic E-state index is -3.52. The van der Waals surface area contributed by atoms with Gasteiger partial charge in [-0.05, 0) is 13.8 Å². The smallest absolute Gasteiger partial charge is 0.330 e. The number of nitrogens with zero attached hydrogens (tertiary/aromatic N) is 1. The Hall–Kier alpha value is -1.37. The van der Waals surface area contributed by atoms with E-state index in [-0.39, 0.29) is 18.0 Å². The van der Waals surface area contributed by atoms with E-state index in [4.69, 9.17) is 5.11 Å². The Kier molecular flexibility index (Phi) is 1.98. The van der Waals surface area contributed by atoms with Gasteiger partial charge in [0, 0.05) is 6.08 Å².